The fraction of sp³-hybridized carbons (Fsp3) is 1.00. The van der Waals surface area contributed by atoms with E-state index >= 15 is 0 Å². The molecule has 0 heterocycles. The van der Waals surface area contributed by atoms with Gasteiger partial charge in [-0.1, -0.05) is 0 Å². The third kappa shape index (κ3) is 11.2. The van der Waals surface area contributed by atoms with E-state index in [4.69, 9.17) is 4.55 Å². The van der Waals surface area contributed by atoms with E-state index in [-0.39, 0.29) is 51.4 Å². The molecule has 0 saturated carbocycles. The molecule has 1 N–H and O–H groups in total. The standard InChI is InChI=1S/CH3FO3S.K.H/c2-1-6(3,4)5;;/h1H2,(H,3,4,5);;. The zero-order valence-electron chi connectivity index (χ0n) is 2.76. The normalized spacial score (nSPS) is 10.0. The minimum atomic E-state index is -4.33. The molecular weight excluding hydrogens is 150 g/mol. The third-order valence-corrected chi connectivity index (χ3v) is 0.414. The van der Waals surface area contributed by atoms with Crippen molar-refractivity contribution in [2.45, 2.75) is 0 Å². The molecule has 0 spiro atoms. The first-order valence-corrected chi connectivity index (χ1v) is 2.68. The third-order valence-electron chi connectivity index (χ3n) is 0.138. The van der Waals surface area contributed by atoms with E-state index in [1.54, 1.807) is 0 Å². The van der Waals surface area contributed by atoms with E-state index in [9.17, 15) is 12.8 Å². The Morgan fingerprint density at radius 2 is 1.71 bits per heavy atom. The van der Waals surface area contributed by atoms with Crippen molar-refractivity contribution in [2.75, 3.05) is 6.01 Å². The van der Waals surface area contributed by atoms with Crippen LogP contribution in [0.25, 0.3) is 0 Å². The summed E-state index contributed by atoms with van der Waals surface area (Å²) in [6.45, 7) is 0. The Morgan fingerprint density at radius 1 is 1.57 bits per heavy atom. The van der Waals surface area contributed by atoms with Crippen molar-refractivity contribution in [2.24, 2.45) is 0 Å². The summed E-state index contributed by atoms with van der Waals surface area (Å²) in [4.78, 5) is 0. The molecule has 0 rings (SSSR count). The zero-order valence-corrected chi connectivity index (χ0v) is 3.57. The van der Waals surface area contributed by atoms with Crippen LogP contribution in [0.15, 0.2) is 0 Å². The van der Waals surface area contributed by atoms with Gasteiger partial charge in [0, 0.05) is 0 Å². The Kier molecular flexibility index (Phi) is 7.04. The molecule has 7 heavy (non-hydrogen) atoms. The van der Waals surface area contributed by atoms with Crippen LogP contribution in [-0.2, 0) is 10.1 Å². The average molecular weight is 154 g/mol. The van der Waals surface area contributed by atoms with E-state index < -0.39 is 16.1 Å². The van der Waals surface area contributed by atoms with Gasteiger partial charge in [-0.3, -0.25) is 4.55 Å². The van der Waals surface area contributed by atoms with Gasteiger partial charge in [-0.15, -0.1) is 0 Å². The van der Waals surface area contributed by atoms with Crippen molar-refractivity contribution >= 4 is 61.5 Å². The molecule has 0 unspecified atom stereocenters. The molecule has 0 fully saturated rings. The van der Waals surface area contributed by atoms with Crippen molar-refractivity contribution in [3.8, 4) is 0 Å². The van der Waals surface area contributed by atoms with Gasteiger partial charge >= 0.3 is 51.4 Å². The molecule has 0 bridgehead atoms. The van der Waals surface area contributed by atoms with Crippen LogP contribution in [0.5, 0.6) is 0 Å². The van der Waals surface area contributed by atoms with Gasteiger partial charge in [0.1, 0.15) is 0 Å². The summed E-state index contributed by atoms with van der Waals surface area (Å²) in [7, 11) is -4.33. The van der Waals surface area contributed by atoms with Crippen LogP contribution < -0.4 is 0 Å². The Labute approximate surface area is 83.5 Å². The summed E-state index contributed by atoms with van der Waals surface area (Å²) in [5.41, 5.74) is 0. The molecule has 3 nitrogen and oxygen atoms in total. The number of halogens is 1. The van der Waals surface area contributed by atoms with Gasteiger partial charge in [0.25, 0.3) is 10.1 Å². The Balaban J connectivity index is 0. The van der Waals surface area contributed by atoms with Crippen molar-refractivity contribution in [3.05, 3.63) is 0 Å². The predicted molar refractivity (Wildman–Crippen MR) is 24.7 cm³/mol. The summed E-state index contributed by atoms with van der Waals surface area (Å²) < 4.78 is 36.4. The maximum absolute atomic E-state index is 10.7. The zero-order chi connectivity index (χ0) is 5.21. The van der Waals surface area contributed by atoms with Crippen LogP contribution in [0.1, 0.15) is 0 Å². The van der Waals surface area contributed by atoms with Crippen LogP contribution in [0.4, 0.5) is 4.39 Å². The van der Waals surface area contributed by atoms with E-state index in [2.05, 4.69) is 0 Å². The molecular formula is CH4FKO3S. The van der Waals surface area contributed by atoms with Crippen molar-refractivity contribution < 1.29 is 17.4 Å². The van der Waals surface area contributed by atoms with Gasteiger partial charge in [-0.05, 0) is 0 Å². The topological polar surface area (TPSA) is 54.4 Å². The summed E-state index contributed by atoms with van der Waals surface area (Å²) in [6.07, 6.45) is 0. The van der Waals surface area contributed by atoms with Crippen LogP contribution >= 0.6 is 0 Å². The number of alkyl halides is 1. The maximum atomic E-state index is 10.7. The number of rotatable bonds is 1. The number of hydrogen-bond acceptors (Lipinski definition) is 2. The SMILES string of the molecule is O=S(=O)(O)CF.[KH]. The molecule has 0 aromatic carbocycles. The van der Waals surface area contributed by atoms with E-state index in [0.29, 0.717) is 0 Å². The van der Waals surface area contributed by atoms with Crippen LogP contribution in [-0.4, -0.2) is 70.4 Å². The van der Waals surface area contributed by atoms with Gasteiger partial charge in [0.05, 0.1) is 0 Å². The summed E-state index contributed by atoms with van der Waals surface area (Å²) in [5, 5.41) is 0. The molecule has 0 radical (unpaired) electrons. The first-order valence-electron chi connectivity index (χ1n) is 1.07. The van der Waals surface area contributed by atoms with E-state index in [1.807, 2.05) is 0 Å². The second-order valence-corrected chi connectivity index (χ2v) is 2.07. The molecule has 0 amide bonds. The van der Waals surface area contributed by atoms with Gasteiger partial charge in [0.15, 0.2) is 0 Å². The molecule has 0 aliphatic carbocycles. The Hall–Kier alpha value is 1.48. The van der Waals surface area contributed by atoms with Crippen molar-refractivity contribution in [3.63, 3.8) is 0 Å². The van der Waals surface area contributed by atoms with Crippen molar-refractivity contribution in [1.29, 1.82) is 0 Å². The molecule has 0 aliphatic rings. The number of hydrogen-bond donors (Lipinski definition) is 1. The minimum absolute atomic E-state index is 0. The van der Waals surface area contributed by atoms with Gasteiger partial charge in [-0.2, -0.15) is 8.42 Å². The molecule has 0 aromatic heterocycles. The fourth-order valence-corrected chi connectivity index (χ4v) is 0. The van der Waals surface area contributed by atoms with Crippen LogP contribution in [0, 0.1) is 0 Å². The van der Waals surface area contributed by atoms with Gasteiger partial charge in [-0.25, -0.2) is 4.39 Å². The fourth-order valence-electron chi connectivity index (χ4n) is 0. The van der Waals surface area contributed by atoms with E-state index in [0.717, 1.165) is 0 Å². The second kappa shape index (κ2) is 4.36. The molecule has 0 aromatic rings. The molecule has 0 atom stereocenters. The van der Waals surface area contributed by atoms with Gasteiger partial charge < -0.3 is 0 Å². The summed E-state index contributed by atoms with van der Waals surface area (Å²) in [6, 6.07) is -1.70. The predicted octanol–water partition coefficient (Wildman–Crippen LogP) is -0.847. The quantitative estimate of drug-likeness (QED) is 0.395. The van der Waals surface area contributed by atoms with E-state index in [1.165, 1.54) is 0 Å². The van der Waals surface area contributed by atoms with Crippen LogP contribution in [0.2, 0.25) is 0 Å². The Bertz CT molecular complexity index is 117. The Morgan fingerprint density at radius 3 is 1.71 bits per heavy atom. The molecule has 0 aliphatic heterocycles. The molecule has 6 heteroatoms. The molecule has 0 saturated heterocycles. The van der Waals surface area contributed by atoms with Gasteiger partial charge in [0.2, 0.25) is 6.01 Å². The average Bonchev–Trinajstić information content (AvgIpc) is 1.35. The first kappa shape index (κ1) is 11.3. The molecule has 40 valence electrons. The van der Waals surface area contributed by atoms with Crippen LogP contribution in [0.3, 0.4) is 0 Å². The van der Waals surface area contributed by atoms with Crippen molar-refractivity contribution in [1.82, 2.24) is 0 Å². The monoisotopic (exact) mass is 154 g/mol. The summed E-state index contributed by atoms with van der Waals surface area (Å²) in [5.74, 6) is 0. The second-order valence-electron chi connectivity index (χ2n) is 0.691. The summed E-state index contributed by atoms with van der Waals surface area (Å²) >= 11 is 0. The first-order chi connectivity index (χ1) is 2.56.